The molecule has 142 valence electrons. The summed E-state index contributed by atoms with van der Waals surface area (Å²) in [7, 11) is 0. The number of anilines is 1. The van der Waals surface area contributed by atoms with Gasteiger partial charge in [-0.3, -0.25) is 4.79 Å². The van der Waals surface area contributed by atoms with E-state index in [2.05, 4.69) is 25.7 Å². The molecule has 0 aliphatic rings. The molecule has 1 aromatic carbocycles. The minimum Gasteiger partial charge on any atom is -0.368 e. The second kappa shape index (κ2) is 7.92. The van der Waals surface area contributed by atoms with Gasteiger partial charge in [0.25, 0.3) is 0 Å². The first-order chi connectivity index (χ1) is 12.9. The van der Waals surface area contributed by atoms with E-state index in [0.29, 0.717) is 29.8 Å². The summed E-state index contributed by atoms with van der Waals surface area (Å²) < 4.78 is 1.77. The molecule has 0 saturated carbocycles. The SMILES string of the molecule is Cc1nc(NCCNC(=O)C(C)C)c2c(C)nn(-c3cccc(Cl)c3)c2n1. The molecule has 0 bridgehead atoms. The maximum atomic E-state index is 11.7. The van der Waals surface area contributed by atoms with Crippen molar-refractivity contribution >= 4 is 34.4 Å². The van der Waals surface area contributed by atoms with Crippen molar-refractivity contribution in [2.45, 2.75) is 27.7 Å². The van der Waals surface area contributed by atoms with E-state index in [1.54, 1.807) is 4.68 Å². The zero-order chi connectivity index (χ0) is 19.6. The van der Waals surface area contributed by atoms with Crippen LogP contribution in [0.15, 0.2) is 24.3 Å². The van der Waals surface area contributed by atoms with Crippen molar-refractivity contribution in [2.75, 3.05) is 18.4 Å². The lowest BCUT2D eigenvalue weighted by Gasteiger charge is -2.11. The summed E-state index contributed by atoms with van der Waals surface area (Å²) in [5, 5.41) is 12.3. The molecule has 1 amide bonds. The molecule has 2 heterocycles. The van der Waals surface area contributed by atoms with E-state index < -0.39 is 0 Å². The summed E-state index contributed by atoms with van der Waals surface area (Å²) >= 11 is 6.13. The molecule has 0 saturated heterocycles. The highest BCUT2D eigenvalue weighted by Crippen LogP contribution is 2.27. The number of fused-ring (bicyclic) bond motifs is 1. The molecular weight excluding hydrogens is 364 g/mol. The van der Waals surface area contributed by atoms with Crippen molar-refractivity contribution < 1.29 is 4.79 Å². The van der Waals surface area contributed by atoms with Crippen molar-refractivity contribution in [3.8, 4) is 5.69 Å². The molecule has 7 nitrogen and oxygen atoms in total. The van der Waals surface area contributed by atoms with Crippen molar-refractivity contribution in [3.05, 3.63) is 40.8 Å². The monoisotopic (exact) mass is 386 g/mol. The first kappa shape index (κ1) is 19.1. The third kappa shape index (κ3) is 4.19. The standard InChI is InChI=1S/C19H23ClN6O/c1-11(2)19(27)22-9-8-21-17-16-12(3)25-26(18(16)24-13(4)23-17)15-7-5-6-14(20)10-15/h5-7,10-11H,8-9H2,1-4H3,(H,22,27)(H,21,23,24). The Hall–Kier alpha value is -2.67. The predicted molar refractivity (Wildman–Crippen MR) is 107 cm³/mol. The highest BCUT2D eigenvalue weighted by Gasteiger charge is 2.16. The average molecular weight is 387 g/mol. The van der Waals surface area contributed by atoms with Crippen LogP contribution in [0.3, 0.4) is 0 Å². The number of nitrogens with one attached hydrogen (secondary N) is 2. The van der Waals surface area contributed by atoms with Gasteiger partial charge in [0.05, 0.1) is 16.8 Å². The lowest BCUT2D eigenvalue weighted by molar-refractivity contribution is -0.123. The van der Waals surface area contributed by atoms with E-state index in [4.69, 9.17) is 11.6 Å². The molecule has 0 aliphatic carbocycles. The van der Waals surface area contributed by atoms with Crippen LogP contribution in [0.1, 0.15) is 25.4 Å². The van der Waals surface area contributed by atoms with Gasteiger partial charge in [-0.15, -0.1) is 0 Å². The zero-order valence-electron chi connectivity index (χ0n) is 15.9. The van der Waals surface area contributed by atoms with Gasteiger partial charge in [-0.05, 0) is 32.0 Å². The Morgan fingerprint density at radius 1 is 1.22 bits per heavy atom. The number of carbonyl (C=O) groups excluding carboxylic acids is 1. The van der Waals surface area contributed by atoms with Crippen LogP contribution in [-0.2, 0) is 4.79 Å². The van der Waals surface area contributed by atoms with E-state index in [0.717, 1.165) is 22.4 Å². The maximum Gasteiger partial charge on any atom is 0.222 e. The largest absolute Gasteiger partial charge is 0.368 e. The predicted octanol–water partition coefficient (Wildman–Crippen LogP) is 3.27. The maximum absolute atomic E-state index is 11.7. The van der Waals surface area contributed by atoms with Crippen LogP contribution in [0, 0.1) is 19.8 Å². The van der Waals surface area contributed by atoms with Crippen molar-refractivity contribution in [3.63, 3.8) is 0 Å². The van der Waals surface area contributed by atoms with Crippen LogP contribution in [0.2, 0.25) is 5.02 Å². The molecule has 3 rings (SSSR count). The number of nitrogens with zero attached hydrogens (tertiary/aromatic N) is 4. The fourth-order valence-electron chi connectivity index (χ4n) is 2.78. The molecule has 0 spiro atoms. The Bertz CT molecular complexity index is 982. The summed E-state index contributed by atoms with van der Waals surface area (Å²) in [4.78, 5) is 20.8. The molecule has 0 atom stereocenters. The molecule has 0 aliphatic heterocycles. The van der Waals surface area contributed by atoms with Crippen LogP contribution in [0.4, 0.5) is 5.82 Å². The number of carbonyl (C=O) groups is 1. The summed E-state index contributed by atoms with van der Waals surface area (Å²) in [6.45, 7) is 8.58. The summed E-state index contributed by atoms with van der Waals surface area (Å²) in [6, 6.07) is 7.48. The minimum atomic E-state index is -0.0313. The average Bonchev–Trinajstić information content (AvgIpc) is 2.94. The smallest absolute Gasteiger partial charge is 0.222 e. The van der Waals surface area contributed by atoms with Crippen molar-refractivity contribution in [1.82, 2.24) is 25.1 Å². The Balaban J connectivity index is 1.90. The van der Waals surface area contributed by atoms with Crippen LogP contribution in [-0.4, -0.2) is 38.7 Å². The molecular formula is C19H23ClN6O. The van der Waals surface area contributed by atoms with Gasteiger partial charge < -0.3 is 10.6 Å². The first-order valence-corrected chi connectivity index (χ1v) is 9.26. The number of hydrogen-bond acceptors (Lipinski definition) is 5. The normalized spacial score (nSPS) is 11.2. The molecule has 27 heavy (non-hydrogen) atoms. The molecule has 0 unspecified atom stereocenters. The number of benzene rings is 1. The number of halogens is 1. The summed E-state index contributed by atoms with van der Waals surface area (Å²) in [5.41, 5.74) is 2.38. The number of hydrogen-bond donors (Lipinski definition) is 2. The van der Waals surface area contributed by atoms with Gasteiger partial charge in [-0.2, -0.15) is 5.10 Å². The lowest BCUT2D eigenvalue weighted by Crippen LogP contribution is -2.32. The van der Waals surface area contributed by atoms with E-state index in [1.165, 1.54) is 0 Å². The third-order valence-corrected chi connectivity index (χ3v) is 4.34. The number of aromatic nitrogens is 4. The highest BCUT2D eigenvalue weighted by atomic mass is 35.5. The van der Waals surface area contributed by atoms with E-state index in [-0.39, 0.29) is 11.8 Å². The van der Waals surface area contributed by atoms with Gasteiger partial charge in [-0.1, -0.05) is 31.5 Å². The Kier molecular flexibility index (Phi) is 5.60. The summed E-state index contributed by atoms with van der Waals surface area (Å²) in [5.74, 6) is 1.35. The van der Waals surface area contributed by atoms with Gasteiger partial charge in [0.2, 0.25) is 5.91 Å². The fraction of sp³-hybridized carbons (Fsp3) is 0.368. The van der Waals surface area contributed by atoms with Gasteiger partial charge >= 0.3 is 0 Å². The van der Waals surface area contributed by atoms with E-state index in [9.17, 15) is 4.79 Å². The van der Waals surface area contributed by atoms with Crippen molar-refractivity contribution in [1.29, 1.82) is 0 Å². The molecule has 0 fully saturated rings. The first-order valence-electron chi connectivity index (χ1n) is 8.88. The van der Waals surface area contributed by atoms with Crippen LogP contribution >= 0.6 is 11.6 Å². The fourth-order valence-corrected chi connectivity index (χ4v) is 2.96. The van der Waals surface area contributed by atoms with Crippen LogP contribution < -0.4 is 10.6 Å². The minimum absolute atomic E-state index is 0.0313. The highest BCUT2D eigenvalue weighted by molar-refractivity contribution is 6.30. The van der Waals surface area contributed by atoms with Crippen LogP contribution in [0.5, 0.6) is 0 Å². The van der Waals surface area contributed by atoms with Crippen molar-refractivity contribution in [2.24, 2.45) is 5.92 Å². The Labute approximate surface area is 163 Å². The lowest BCUT2D eigenvalue weighted by atomic mass is 10.2. The second-order valence-electron chi connectivity index (χ2n) is 6.67. The molecule has 8 heteroatoms. The topological polar surface area (TPSA) is 84.7 Å². The Morgan fingerprint density at radius 3 is 2.70 bits per heavy atom. The molecule has 2 N–H and O–H groups in total. The van der Waals surface area contributed by atoms with Gasteiger partial charge in [-0.25, -0.2) is 14.6 Å². The van der Waals surface area contributed by atoms with E-state index in [1.807, 2.05) is 52.0 Å². The Morgan fingerprint density at radius 2 is 2.00 bits per heavy atom. The second-order valence-corrected chi connectivity index (χ2v) is 7.10. The van der Waals surface area contributed by atoms with Crippen LogP contribution in [0.25, 0.3) is 16.7 Å². The number of rotatable bonds is 6. The molecule has 0 radical (unpaired) electrons. The third-order valence-electron chi connectivity index (χ3n) is 4.11. The summed E-state index contributed by atoms with van der Waals surface area (Å²) in [6.07, 6.45) is 0. The molecule has 2 aromatic heterocycles. The number of aryl methyl sites for hydroxylation is 2. The van der Waals surface area contributed by atoms with Gasteiger partial charge in [0.1, 0.15) is 11.6 Å². The quantitative estimate of drug-likeness (QED) is 0.635. The molecule has 3 aromatic rings. The number of amides is 1. The zero-order valence-corrected chi connectivity index (χ0v) is 16.6. The van der Waals surface area contributed by atoms with Gasteiger partial charge in [0, 0.05) is 24.0 Å². The van der Waals surface area contributed by atoms with Gasteiger partial charge in [0.15, 0.2) is 5.65 Å². The van der Waals surface area contributed by atoms with E-state index >= 15 is 0 Å².